The molecular weight excluding hydrogens is 366 g/mol. The Morgan fingerprint density at radius 3 is 2.59 bits per heavy atom. The monoisotopic (exact) mass is 392 g/mol. The molecule has 0 fully saturated rings. The summed E-state index contributed by atoms with van der Waals surface area (Å²) in [5, 5.41) is 13.5. The third-order valence-electron chi connectivity index (χ3n) is 5.37. The third-order valence-corrected chi connectivity index (χ3v) is 6.54. The van der Waals surface area contributed by atoms with E-state index in [4.69, 9.17) is 4.74 Å². The first-order valence-corrected chi connectivity index (χ1v) is 10.0. The summed E-state index contributed by atoms with van der Waals surface area (Å²) >= 11 is 1.38. The van der Waals surface area contributed by atoms with E-state index < -0.39 is 17.8 Å². The third kappa shape index (κ3) is 4.97. The van der Waals surface area contributed by atoms with Gasteiger partial charge in [-0.05, 0) is 49.2 Å². The van der Waals surface area contributed by atoms with Crippen LogP contribution >= 0.6 is 11.3 Å². The largest absolute Gasteiger partial charge is 0.545 e. The number of hydrogen-bond donors (Lipinski definition) is 1. The molecule has 1 unspecified atom stereocenters. The second-order valence-electron chi connectivity index (χ2n) is 7.35. The number of carbonyl (C=O) groups excluding carboxylic acids is 3. The van der Waals surface area contributed by atoms with Crippen LogP contribution < -0.4 is 10.4 Å². The smallest absolute Gasteiger partial charge is 0.341 e. The van der Waals surface area contributed by atoms with Gasteiger partial charge in [-0.15, -0.1) is 11.3 Å². The molecule has 0 radical (unpaired) electrons. The highest BCUT2D eigenvalue weighted by Crippen LogP contribution is 2.45. The van der Waals surface area contributed by atoms with E-state index in [1.807, 2.05) is 0 Å². The van der Waals surface area contributed by atoms with Crippen molar-refractivity contribution in [2.75, 3.05) is 11.9 Å². The zero-order chi connectivity index (χ0) is 20.2. The molecule has 1 heterocycles. The van der Waals surface area contributed by atoms with Gasteiger partial charge in [-0.25, -0.2) is 4.79 Å². The predicted molar refractivity (Wildman–Crippen MR) is 103 cm³/mol. The molecule has 2 rings (SSSR count). The van der Waals surface area contributed by atoms with Gasteiger partial charge in [-0.1, -0.05) is 27.2 Å². The van der Waals surface area contributed by atoms with Gasteiger partial charge in [0.2, 0.25) is 5.91 Å². The minimum absolute atomic E-state index is 0.201. The molecule has 7 heteroatoms. The van der Waals surface area contributed by atoms with Crippen molar-refractivity contribution < 1.29 is 24.2 Å². The molecule has 0 aliphatic heterocycles. The molecule has 0 saturated carbocycles. The maximum absolute atomic E-state index is 12.5. The number of carboxylic acid groups (broad SMARTS) is 1. The van der Waals surface area contributed by atoms with Crippen LogP contribution in [0.3, 0.4) is 0 Å². The normalized spacial score (nSPS) is 16.8. The molecule has 1 aromatic heterocycles. The van der Waals surface area contributed by atoms with E-state index in [-0.39, 0.29) is 12.0 Å². The van der Waals surface area contributed by atoms with Crippen LogP contribution in [0.15, 0.2) is 12.2 Å². The van der Waals surface area contributed by atoms with Gasteiger partial charge >= 0.3 is 5.97 Å². The van der Waals surface area contributed by atoms with Crippen molar-refractivity contribution in [3.63, 3.8) is 0 Å². The number of thiophene rings is 1. The summed E-state index contributed by atoms with van der Waals surface area (Å²) in [5.41, 5.74) is 1.55. The fraction of sp³-hybridized carbons (Fsp3) is 0.550. The molecule has 1 aromatic rings. The van der Waals surface area contributed by atoms with Crippen molar-refractivity contribution in [2.45, 2.75) is 53.4 Å². The van der Waals surface area contributed by atoms with Crippen molar-refractivity contribution in [1.29, 1.82) is 0 Å². The Balaban J connectivity index is 2.35. The quantitative estimate of drug-likeness (QED) is 0.569. The van der Waals surface area contributed by atoms with Gasteiger partial charge in [0.25, 0.3) is 0 Å². The Hall–Kier alpha value is -2.15. The van der Waals surface area contributed by atoms with Crippen LogP contribution in [0.1, 0.15) is 61.3 Å². The van der Waals surface area contributed by atoms with Gasteiger partial charge in [-0.3, -0.25) is 4.79 Å². The number of esters is 1. The highest BCUT2D eigenvalue weighted by molar-refractivity contribution is 7.17. The van der Waals surface area contributed by atoms with Crippen LogP contribution in [0.2, 0.25) is 0 Å². The molecule has 1 aliphatic carbocycles. The predicted octanol–water partition coefficient (Wildman–Crippen LogP) is 2.71. The Morgan fingerprint density at radius 2 is 2.00 bits per heavy atom. The van der Waals surface area contributed by atoms with E-state index in [9.17, 15) is 19.5 Å². The van der Waals surface area contributed by atoms with E-state index in [2.05, 4.69) is 26.1 Å². The summed E-state index contributed by atoms with van der Waals surface area (Å²) < 4.78 is 5.18. The Labute approximate surface area is 163 Å². The van der Waals surface area contributed by atoms with Crippen LogP contribution in [0.4, 0.5) is 5.00 Å². The highest BCUT2D eigenvalue weighted by Gasteiger charge is 2.35. The average molecular weight is 392 g/mol. The van der Waals surface area contributed by atoms with Crippen molar-refractivity contribution in [1.82, 2.24) is 0 Å². The van der Waals surface area contributed by atoms with Crippen LogP contribution in [-0.4, -0.2) is 24.5 Å². The second-order valence-corrected chi connectivity index (χ2v) is 8.46. The fourth-order valence-electron chi connectivity index (χ4n) is 3.35. The van der Waals surface area contributed by atoms with E-state index in [1.54, 1.807) is 6.92 Å². The maximum Gasteiger partial charge on any atom is 0.341 e. The van der Waals surface area contributed by atoms with Crippen LogP contribution in [0, 0.1) is 11.3 Å². The lowest BCUT2D eigenvalue weighted by atomic mass is 9.69. The van der Waals surface area contributed by atoms with Gasteiger partial charge in [-0.2, -0.15) is 0 Å². The topological polar surface area (TPSA) is 95.5 Å². The van der Waals surface area contributed by atoms with Crippen molar-refractivity contribution in [3.8, 4) is 0 Å². The maximum atomic E-state index is 12.5. The summed E-state index contributed by atoms with van der Waals surface area (Å²) in [6, 6.07) is 0. The van der Waals surface area contributed by atoms with E-state index in [0.29, 0.717) is 22.6 Å². The minimum Gasteiger partial charge on any atom is -0.545 e. The van der Waals surface area contributed by atoms with Crippen molar-refractivity contribution in [3.05, 3.63) is 28.2 Å². The van der Waals surface area contributed by atoms with Crippen LogP contribution in [0.25, 0.3) is 0 Å². The number of nitrogens with one attached hydrogen (secondary N) is 1. The molecule has 6 nitrogen and oxygen atoms in total. The number of carboxylic acids is 1. The lowest BCUT2D eigenvalue weighted by molar-refractivity contribution is -0.297. The van der Waals surface area contributed by atoms with Gasteiger partial charge in [0.15, 0.2) is 0 Å². The lowest BCUT2D eigenvalue weighted by Crippen LogP contribution is -2.28. The molecule has 1 amide bonds. The first-order chi connectivity index (χ1) is 12.7. The number of amides is 1. The first kappa shape index (κ1) is 21.2. The Bertz CT molecular complexity index is 763. The van der Waals surface area contributed by atoms with E-state index >= 15 is 0 Å². The SMILES string of the molecule is CCOC(=O)c1c(NC(=O)C=CC(=O)[O-])sc2c1CCC(C(C)(C)CC)C2. The first-order valence-electron chi connectivity index (χ1n) is 9.21. The van der Waals surface area contributed by atoms with Gasteiger partial charge in [0.05, 0.1) is 18.1 Å². The Kier molecular flexibility index (Phi) is 6.81. The Morgan fingerprint density at radius 1 is 1.30 bits per heavy atom. The average Bonchev–Trinajstić information content (AvgIpc) is 2.97. The molecule has 1 atom stereocenters. The van der Waals surface area contributed by atoms with Crippen molar-refractivity contribution >= 4 is 34.2 Å². The minimum atomic E-state index is -1.45. The van der Waals surface area contributed by atoms with E-state index in [1.165, 1.54) is 11.3 Å². The summed E-state index contributed by atoms with van der Waals surface area (Å²) in [6.45, 7) is 8.68. The molecule has 0 bridgehead atoms. The number of hydrogen-bond acceptors (Lipinski definition) is 6. The number of ether oxygens (including phenoxy) is 1. The zero-order valence-corrected chi connectivity index (χ0v) is 17.0. The summed E-state index contributed by atoms with van der Waals surface area (Å²) in [7, 11) is 0. The van der Waals surface area contributed by atoms with Crippen LogP contribution in [0.5, 0.6) is 0 Å². The molecular formula is C20H26NO5S-. The van der Waals surface area contributed by atoms with E-state index in [0.717, 1.165) is 42.2 Å². The molecule has 1 aliphatic rings. The van der Waals surface area contributed by atoms with Gasteiger partial charge in [0, 0.05) is 11.0 Å². The molecule has 0 saturated heterocycles. The standard InChI is InChI=1S/C20H27NO5S/c1-5-20(3,4)12-7-8-13-14(11-12)27-18(17(13)19(25)26-6-2)21-15(22)9-10-16(23)24/h9-10,12H,5-8,11H2,1-4H3,(H,21,22)(H,23,24)/p-1. The molecule has 1 N–H and O–H groups in total. The number of rotatable bonds is 7. The van der Waals surface area contributed by atoms with Crippen LogP contribution in [-0.2, 0) is 27.2 Å². The summed E-state index contributed by atoms with van der Waals surface area (Å²) in [5.74, 6) is -2.02. The van der Waals surface area contributed by atoms with Gasteiger partial charge < -0.3 is 20.0 Å². The molecule has 0 aromatic carbocycles. The van der Waals surface area contributed by atoms with Crippen molar-refractivity contribution in [2.24, 2.45) is 11.3 Å². The number of aliphatic carboxylic acids is 1. The number of anilines is 1. The fourth-order valence-corrected chi connectivity index (χ4v) is 4.66. The van der Waals surface area contributed by atoms with Gasteiger partial charge in [0.1, 0.15) is 5.00 Å². The molecule has 0 spiro atoms. The number of carbonyl (C=O) groups is 3. The molecule has 148 valence electrons. The number of fused-ring (bicyclic) bond motifs is 1. The molecule has 27 heavy (non-hydrogen) atoms. The lowest BCUT2D eigenvalue weighted by Gasteiger charge is -2.36. The summed E-state index contributed by atoms with van der Waals surface area (Å²) in [4.78, 5) is 36.1. The summed E-state index contributed by atoms with van der Waals surface area (Å²) in [6.07, 6.45) is 5.21. The highest BCUT2D eigenvalue weighted by atomic mass is 32.1. The second kappa shape index (κ2) is 8.69. The zero-order valence-electron chi connectivity index (χ0n) is 16.2.